The number of hydrogen-bond donors (Lipinski definition) is 1. The van der Waals surface area contributed by atoms with E-state index in [2.05, 4.69) is 15.3 Å². The van der Waals surface area contributed by atoms with Gasteiger partial charge in [0.2, 0.25) is 11.8 Å². The van der Waals surface area contributed by atoms with Crippen LogP contribution in [0.2, 0.25) is 0 Å². The number of methoxy groups -OCH3 is 1. The van der Waals surface area contributed by atoms with Gasteiger partial charge in [-0.05, 0) is 82.3 Å². The zero-order valence-corrected chi connectivity index (χ0v) is 26.6. The van der Waals surface area contributed by atoms with Crippen LogP contribution in [-0.4, -0.2) is 64.2 Å². The van der Waals surface area contributed by atoms with Crippen LogP contribution in [0.4, 0.5) is 11.4 Å². The third-order valence-corrected chi connectivity index (χ3v) is 8.36. The molecule has 2 amide bonds. The molecule has 4 rings (SSSR count). The summed E-state index contributed by atoms with van der Waals surface area (Å²) in [5, 5.41) is 6.19. The number of nitrogens with zero attached hydrogens (tertiary/aromatic N) is 5. The van der Waals surface area contributed by atoms with Crippen molar-refractivity contribution in [2.24, 2.45) is 0 Å². The normalized spacial score (nSPS) is 11.2. The maximum atomic E-state index is 13.8. The predicted octanol–water partition coefficient (Wildman–Crippen LogP) is 5.83. The van der Waals surface area contributed by atoms with E-state index in [1.165, 1.54) is 23.1 Å². The van der Waals surface area contributed by atoms with Crippen molar-refractivity contribution in [3.8, 4) is 17.0 Å². The van der Waals surface area contributed by atoms with Crippen LogP contribution in [-0.2, 0) is 16.1 Å². The van der Waals surface area contributed by atoms with Gasteiger partial charge in [0.15, 0.2) is 5.16 Å². The van der Waals surface area contributed by atoms with E-state index in [1.54, 1.807) is 25.9 Å². The van der Waals surface area contributed by atoms with Gasteiger partial charge in [-0.1, -0.05) is 11.8 Å². The lowest BCUT2D eigenvalue weighted by atomic mass is 10.0. The molecule has 42 heavy (non-hydrogen) atoms. The van der Waals surface area contributed by atoms with E-state index in [-0.39, 0.29) is 24.1 Å². The Kier molecular flexibility index (Phi) is 9.85. The number of anilines is 2. The highest BCUT2D eigenvalue weighted by molar-refractivity contribution is 7.99. The summed E-state index contributed by atoms with van der Waals surface area (Å²) < 4.78 is 5.26. The molecule has 0 aliphatic carbocycles. The first-order valence-corrected chi connectivity index (χ1v) is 15.3. The smallest absolute Gasteiger partial charge is 0.249 e. The van der Waals surface area contributed by atoms with E-state index in [4.69, 9.17) is 9.72 Å². The maximum Gasteiger partial charge on any atom is 0.249 e. The van der Waals surface area contributed by atoms with Gasteiger partial charge in [0.25, 0.3) is 0 Å². The van der Waals surface area contributed by atoms with E-state index in [9.17, 15) is 9.59 Å². The molecule has 2 aromatic carbocycles. The molecule has 9 nitrogen and oxygen atoms in total. The first-order chi connectivity index (χ1) is 20.0. The number of benzene rings is 2. The van der Waals surface area contributed by atoms with Gasteiger partial charge in [-0.25, -0.2) is 15.0 Å². The number of nitrogens with one attached hydrogen (secondary N) is 1. The number of carbonyl (C=O) groups is 2. The van der Waals surface area contributed by atoms with Crippen LogP contribution in [0, 0.1) is 13.8 Å². The Balaban J connectivity index is 1.57. The molecule has 0 saturated heterocycles. The summed E-state index contributed by atoms with van der Waals surface area (Å²) in [5.74, 6) is 0.328. The minimum Gasteiger partial charge on any atom is -0.497 e. The second-order valence-corrected chi connectivity index (χ2v) is 12.4. The molecule has 2 heterocycles. The van der Waals surface area contributed by atoms with Crippen molar-refractivity contribution in [3.63, 3.8) is 0 Å². The zero-order chi connectivity index (χ0) is 30.4. The van der Waals surface area contributed by atoms with E-state index < -0.39 is 5.54 Å². The van der Waals surface area contributed by atoms with Gasteiger partial charge in [0.05, 0.1) is 25.1 Å². The fraction of sp³-hybridized carbons (Fsp3) is 0.323. The summed E-state index contributed by atoms with van der Waals surface area (Å²) in [6, 6.07) is 17.1. The predicted molar refractivity (Wildman–Crippen MR) is 170 cm³/mol. The number of aromatic nitrogens is 3. The Morgan fingerprint density at radius 3 is 2.21 bits per heavy atom. The molecule has 0 saturated carbocycles. The molecule has 0 spiro atoms. The molecule has 0 atom stereocenters. The Morgan fingerprint density at radius 1 is 0.976 bits per heavy atom. The molecule has 4 aromatic rings. The van der Waals surface area contributed by atoms with Crippen molar-refractivity contribution >= 4 is 46.3 Å². The first kappa shape index (κ1) is 31.0. The minimum atomic E-state index is -1.19. The standard InChI is InChI=1S/C31H36N6O3S2/c1-20-16-21(2)33-30(32-20)42-19-28(38)37(17-27-35-26(18-41-27)22-8-14-25(40-7)15-9-22)31(3,4)29(39)34-23-10-12-24(13-11-23)36(5)6/h8-16,18H,17,19H2,1-7H3,(H,34,39). The Bertz CT molecular complexity index is 1520. The summed E-state index contributed by atoms with van der Waals surface area (Å²) in [4.78, 5) is 44.7. The molecule has 0 fully saturated rings. The summed E-state index contributed by atoms with van der Waals surface area (Å²) in [6.07, 6.45) is 0. The minimum absolute atomic E-state index is 0.0772. The van der Waals surface area contributed by atoms with Crippen LogP contribution in [0.15, 0.2) is 65.1 Å². The lowest BCUT2D eigenvalue weighted by Gasteiger charge is -2.37. The molecular formula is C31H36N6O3S2. The molecule has 2 aromatic heterocycles. The highest BCUT2D eigenvalue weighted by Crippen LogP contribution is 2.28. The molecule has 1 N–H and O–H groups in total. The second-order valence-electron chi connectivity index (χ2n) is 10.5. The molecular weight excluding hydrogens is 569 g/mol. The number of hydrogen-bond acceptors (Lipinski definition) is 9. The molecule has 0 aliphatic heterocycles. The lowest BCUT2D eigenvalue weighted by Crippen LogP contribution is -2.55. The third-order valence-electron chi connectivity index (χ3n) is 6.69. The van der Waals surface area contributed by atoms with Crippen LogP contribution >= 0.6 is 23.1 Å². The van der Waals surface area contributed by atoms with Gasteiger partial charge >= 0.3 is 0 Å². The van der Waals surface area contributed by atoms with Crippen molar-refractivity contribution in [2.75, 3.05) is 37.2 Å². The van der Waals surface area contributed by atoms with E-state index in [0.717, 1.165) is 39.1 Å². The Labute approximate surface area is 255 Å². The van der Waals surface area contributed by atoms with Crippen LogP contribution in [0.1, 0.15) is 30.2 Å². The largest absolute Gasteiger partial charge is 0.497 e. The number of rotatable bonds is 11. The number of ether oxygens (including phenoxy) is 1. The zero-order valence-electron chi connectivity index (χ0n) is 25.0. The molecule has 11 heteroatoms. The van der Waals surface area contributed by atoms with Gasteiger partial charge in [0, 0.05) is 47.8 Å². The number of carbonyl (C=O) groups excluding carboxylic acids is 2. The number of thioether (sulfide) groups is 1. The molecule has 220 valence electrons. The molecule has 0 bridgehead atoms. The average Bonchev–Trinajstić information content (AvgIpc) is 3.43. The quantitative estimate of drug-likeness (QED) is 0.169. The van der Waals surface area contributed by atoms with Gasteiger partial charge in [-0.3, -0.25) is 9.59 Å². The number of amides is 2. The number of aryl methyl sites for hydroxylation is 2. The van der Waals surface area contributed by atoms with Crippen molar-refractivity contribution in [3.05, 3.63) is 76.4 Å². The maximum absolute atomic E-state index is 13.8. The van der Waals surface area contributed by atoms with Crippen molar-refractivity contribution in [1.82, 2.24) is 19.9 Å². The van der Waals surface area contributed by atoms with E-state index >= 15 is 0 Å². The van der Waals surface area contributed by atoms with Gasteiger partial charge in [0.1, 0.15) is 16.3 Å². The molecule has 0 radical (unpaired) electrons. The van der Waals surface area contributed by atoms with Crippen LogP contribution in [0.25, 0.3) is 11.3 Å². The second kappa shape index (κ2) is 13.3. The third kappa shape index (κ3) is 7.65. The van der Waals surface area contributed by atoms with E-state index in [0.29, 0.717) is 10.8 Å². The lowest BCUT2D eigenvalue weighted by molar-refractivity contribution is -0.142. The monoisotopic (exact) mass is 604 g/mol. The summed E-state index contributed by atoms with van der Waals surface area (Å²) >= 11 is 2.71. The highest BCUT2D eigenvalue weighted by atomic mass is 32.2. The summed E-state index contributed by atoms with van der Waals surface area (Å²) in [7, 11) is 5.54. The SMILES string of the molecule is COc1ccc(-c2csc(CN(C(=O)CSc3nc(C)cc(C)n3)C(C)(C)C(=O)Nc3ccc(N(C)C)cc3)n2)cc1. The van der Waals surface area contributed by atoms with Crippen LogP contribution in [0.3, 0.4) is 0 Å². The summed E-state index contributed by atoms with van der Waals surface area (Å²) in [6.45, 7) is 7.48. The van der Waals surface area contributed by atoms with Crippen LogP contribution < -0.4 is 15.0 Å². The van der Waals surface area contributed by atoms with Gasteiger partial charge < -0.3 is 19.9 Å². The van der Waals surface area contributed by atoms with Crippen molar-refractivity contribution in [1.29, 1.82) is 0 Å². The highest BCUT2D eigenvalue weighted by Gasteiger charge is 2.38. The number of thiazole rings is 1. The molecule has 0 aliphatic rings. The van der Waals surface area contributed by atoms with Gasteiger partial charge in [-0.15, -0.1) is 11.3 Å². The molecule has 0 unspecified atom stereocenters. The topological polar surface area (TPSA) is 101 Å². The van der Waals surface area contributed by atoms with E-state index in [1.807, 2.05) is 92.8 Å². The van der Waals surface area contributed by atoms with Crippen molar-refractivity contribution in [2.45, 2.75) is 44.9 Å². The fourth-order valence-electron chi connectivity index (χ4n) is 4.22. The van der Waals surface area contributed by atoms with Crippen LogP contribution in [0.5, 0.6) is 5.75 Å². The van der Waals surface area contributed by atoms with Gasteiger partial charge in [-0.2, -0.15) is 0 Å². The Hall–Kier alpha value is -3.96. The fourth-order valence-corrected chi connectivity index (χ4v) is 5.84. The van der Waals surface area contributed by atoms with Crippen molar-refractivity contribution < 1.29 is 14.3 Å². The average molecular weight is 605 g/mol. The summed E-state index contributed by atoms with van der Waals surface area (Å²) in [5.41, 5.74) is 3.90. The Morgan fingerprint density at radius 2 is 1.62 bits per heavy atom. The first-order valence-electron chi connectivity index (χ1n) is 13.4.